The number of aromatic nitrogens is 1. The van der Waals surface area contributed by atoms with Crippen LogP contribution in [0.2, 0.25) is 5.02 Å². The Morgan fingerprint density at radius 3 is 2.74 bits per heavy atom. The van der Waals surface area contributed by atoms with E-state index in [0.29, 0.717) is 10.7 Å². The summed E-state index contributed by atoms with van der Waals surface area (Å²) in [4.78, 5) is 14.9. The summed E-state index contributed by atoms with van der Waals surface area (Å²) in [6.45, 7) is 7.02. The molecule has 0 saturated heterocycles. The molecule has 0 radical (unpaired) electrons. The third-order valence-corrected chi connectivity index (χ3v) is 3.38. The van der Waals surface area contributed by atoms with Crippen LogP contribution in [0.15, 0.2) is 12.3 Å². The molecule has 1 aromatic heterocycles. The number of hydrogen-bond donors (Lipinski definition) is 1. The fraction of sp³-hybridized carbons (Fsp3) is 0.615. The van der Waals surface area contributed by atoms with E-state index in [4.69, 9.17) is 11.6 Å². The van der Waals surface area contributed by atoms with Gasteiger partial charge in [0.2, 0.25) is 0 Å². The lowest BCUT2D eigenvalue weighted by Crippen LogP contribution is -2.33. The maximum atomic E-state index is 11.1. The van der Waals surface area contributed by atoms with E-state index in [1.807, 2.05) is 13.8 Å². The SMILES string of the molecule is CCCNC(C)C(CC)c1ncc(Cl)cc1[N+](=O)[O-]. The highest BCUT2D eigenvalue weighted by atomic mass is 35.5. The number of nitrogens with zero attached hydrogens (tertiary/aromatic N) is 2. The van der Waals surface area contributed by atoms with Gasteiger partial charge in [0.05, 0.1) is 9.95 Å². The van der Waals surface area contributed by atoms with Crippen LogP contribution in [0.3, 0.4) is 0 Å². The first-order chi connectivity index (χ1) is 9.01. The minimum atomic E-state index is -0.413. The fourth-order valence-corrected chi connectivity index (χ4v) is 2.32. The van der Waals surface area contributed by atoms with Crippen LogP contribution in [0.4, 0.5) is 5.69 Å². The molecule has 0 aromatic carbocycles. The van der Waals surface area contributed by atoms with Crippen molar-refractivity contribution < 1.29 is 4.92 Å². The summed E-state index contributed by atoms with van der Waals surface area (Å²) in [5, 5.41) is 14.8. The third kappa shape index (κ3) is 4.14. The molecule has 1 aromatic rings. The first-order valence-corrected chi connectivity index (χ1v) is 6.92. The minimum absolute atomic E-state index is 0.00390. The number of hydrogen-bond acceptors (Lipinski definition) is 4. The van der Waals surface area contributed by atoms with E-state index in [1.54, 1.807) is 0 Å². The first kappa shape index (κ1) is 15.9. The molecular formula is C13H20ClN3O2. The van der Waals surface area contributed by atoms with Gasteiger partial charge in [-0.15, -0.1) is 0 Å². The lowest BCUT2D eigenvalue weighted by molar-refractivity contribution is -0.386. The number of nitro groups is 1. The molecule has 2 atom stereocenters. The largest absolute Gasteiger partial charge is 0.314 e. The van der Waals surface area contributed by atoms with Gasteiger partial charge < -0.3 is 5.32 Å². The van der Waals surface area contributed by atoms with Gasteiger partial charge in [0.25, 0.3) is 5.69 Å². The van der Waals surface area contributed by atoms with Gasteiger partial charge in [0, 0.05) is 24.2 Å². The first-order valence-electron chi connectivity index (χ1n) is 6.54. The molecule has 0 amide bonds. The molecule has 1 N–H and O–H groups in total. The second kappa shape index (κ2) is 7.40. The number of halogens is 1. The van der Waals surface area contributed by atoms with E-state index in [-0.39, 0.29) is 17.6 Å². The van der Waals surface area contributed by atoms with E-state index in [1.165, 1.54) is 12.3 Å². The van der Waals surface area contributed by atoms with Crippen molar-refractivity contribution in [3.05, 3.63) is 33.1 Å². The summed E-state index contributed by atoms with van der Waals surface area (Å²) < 4.78 is 0. The molecule has 6 heteroatoms. The number of nitrogens with one attached hydrogen (secondary N) is 1. The van der Waals surface area contributed by atoms with Crippen molar-refractivity contribution in [2.24, 2.45) is 0 Å². The second-order valence-corrected chi connectivity index (χ2v) is 5.01. The third-order valence-electron chi connectivity index (χ3n) is 3.17. The molecule has 0 fully saturated rings. The van der Waals surface area contributed by atoms with Gasteiger partial charge >= 0.3 is 0 Å². The van der Waals surface area contributed by atoms with E-state index in [2.05, 4.69) is 17.2 Å². The molecule has 106 valence electrons. The van der Waals surface area contributed by atoms with Gasteiger partial charge in [-0.25, -0.2) is 0 Å². The van der Waals surface area contributed by atoms with E-state index in [0.717, 1.165) is 19.4 Å². The van der Waals surface area contributed by atoms with Gasteiger partial charge in [-0.05, 0) is 26.3 Å². The standard InChI is InChI=1S/C13H20ClN3O2/c1-4-6-15-9(3)11(5-2)13-12(17(18)19)7-10(14)8-16-13/h7-9,11,15H,4-6H2,1-3H3. The molecule has 1 rings (SSSR count). The van der Waals surface area contributed by atoms with E-state index < -0.39 is 4.92 Å². The monoisotopic (exact) mass is 285 g/mol. The predicted octanol–water partition coefficient (Wildman–Crippen LogP) is 3.52. The van der Waals surface area contributed by atoms with Crippen LogP contribution < -0.4 is 5.32 Å². The predicted molar refractivity (Wildman–Crippen MR) is 76.7 cm³/mol. The van der Waals surface area contributed by atoms with Crippen molar-refractivity contribution in [1.29, 1.82) is 0 Å². The zero-order valence-corrected chi connectivity index (χ0v) is 12.3. The second-order valence-electron chi connectivity index (χ2n) is 4.57. The van der Waals surface area contributed by atoms with Gasteiger partial charge in [-0.3, -0.25) is 15.1 Å². The van der Waals surface area contributed by atoms with Crippen LogP contribution in [0.1, 0.15) is 45.2 Å². The zero-order valence-electron chi connectivity index (χ0n) is 11.5. The van der Waals surface area contributed by atoms with Crippen LogP contribution in [-0.2, 0) is 0 Å². The minimum Gasteiger partial charge on any atom is -0.314 e. The van der Waals surface area contributed by atoms with Crippen molar-refractivity contribution in [2.45, 2.75) is 45.6 Å². The average molecular weight is 286 g/mol. The summed E-state index contributed by atoms with van der Waals surface area (Å²) in [5.74, 6) is 0.00390. The Hall–Kier alpha value is -1.20. The summed E-state index contributed by atoms with van der Waals surface area (Å²) in [7, 11) is 0. The normalized spacial score (nSPS) is 14.1. The Labute approximate surface area is 118 Å². The van der Waals surface area contributed by atoms with Crippen molar-refractivity contribution in [2.75, 3.05) is 6.54 Å². The molecule has 5 nitrogen and oxygen atoms in total. The highest BCUT2D eigenvalue weighted by Crippen LogP contribution is 2.31. The number of pyridine rings is 1. The Bertz CT molecular complexity index is 440. The van der Waals surface area contributed by atoms with Gasteiger partial charge in [0.1, 0.15) is 5.69 Å². The van der Waals surface area contributed by atoms with Crippen LogP contribution in [0, 0.1) is 10.1 Å². The average Bonchev–Trinajstić information content (AvgIpc) is 2.38. The molecule has 0 saturated carbocycles. The molecule has 0 bridgehead atoms. The molecule has 19 heavy (non-hydrogen) atoms. The Morgan fingerprint density at radius 2 is 2.21 bits per heavy atom. The summed E-state index contributed by atoms with van der Waals surface area (Å²) in [6.07, 6.45) is 3.28. The van der Waals surface area contributed by atoms with Crippen LogP contribution >= 0.6 is 11.6 Å². The van der Waals surface area contributed by atoms with Crippen molar-refractivity contribution in [3.63, 3.8) is 0 Å². The maximum Gasteiger partial charge on any atom is 0.292 e. The molecular weight excluding hydrogens is 266 g/mol. The summed E-state index contributed by atoms with van der Waals surface area (Å²) >= 11 is 5.79. The molecule has 0 aliphatic rings. The lowest BCUT2D eigenvalue weighted by atomic mass is 9.93. The molecule has 0 spiro atoms. The van der Waals surface area contributed by atoms with E-state index >= 15 is 0 Å². The smallest absolute Gasteiger partial charge is 0.292 e. The Morgan fingerprint density at radius 1 is 1.53 bits per heavy atom. The highest BCUT2D eigenvalue weighted by Gasteiger charge is 2.27. The molecule has 0 aliphatic carbocycles. The van der Waals surface area contributed by atoms with Crippen LogP contribution in [-0.4, -0.2) is 22.5 Å². The molecule has 2 unspecified atom stereocenters. The Balaban J connectivity index is 3.07. The van der Waals surface area contributed by atoms with Crippen LogP contribution in [0.5, 0.6) is 0 Å². The van der Waals surface area contributed by atoms with Crippen molar-refractivity contribution in [3.8, 4) is 0 Å². The maximum absolute atomic E-state index is 11.1. The highest BCUT2D eigenvalue weighted by molar-refractivity contribution is 6.30. The van der Waals surface area contributed by atoms with Crippen LogP contribution in [0.25, 0.3) is 0 Å². The summed E-state index contributed by atoms with van der Waals surface area (Å²) in [5.41, 5.74) is 0.512. The van der Waals surface area contributed by atoms with Gasteiger partial charge in [-0.1, -0.05) is 25.4 Å². The van der Waals surface area contributed by atoms with Crippen molar-refractivity contribution >= 4 is 17.3 Å². The van der Waals surface area contributed by atoms with Crippen molar-refractivity contribution in [1.82, 2.24) is 10.3 Å². The van der Waals surface area contributed by atoms with Gasteiger partial charge in [-0.2, -0.15) is 0 Å². The molecule has 0 aliphatic heterocycles. The molecule has 1 heterocycles. The van der Waals surface area contributed by atoms with E-state index in [9.17, 15) is 10.1 Å². The Kier molecular flexibility index (Phi) is 6.18. The fourth-order valence-electron chi connectivity index (χ4n) is 2.17. The number of rotatable bonds is 7. The lowest BCUT2D eigenvalue weighted by Gasteiger charge is -2.23. The quantitative estimate of drug-likeness (QED) is 0.615. The topological polar surface area (TPSA) is 68.1 Å². The zero-order chi connectivity index (χ0) is 14.4. The van der Waals surface area contributed by atoms with Gasteiger partial charge in [0.15, 0.2) is 0 Å². The summed E-state index contributed by atoms with van der Waals surface area (Å²) in [6, 6.07) is 1.51.